The van der Waals surface area contributed by atoms with Crippen molar-refractivity contribution in [1.82, 2.24) is 0 Å². The van der Waals surface area contributed by atoms with Crippen LogP contribution in [0.5, 0.6) is 5.75 Å². The first-order valence-electron chi connectivity index (χ1n) is 11.6. The first-order chi connectivity index (χ1) is 20.7. The Morgan fingerprint density at radius 3 is 1.78 bits per heavy atom. The fourth-order valence-corrected chi connectivity index (χ4v) is 6.19. The highest BCUT2D eigenvalue weighted by atomic mass is 32.2. The van der Waals surface area contributed by atoms with Gasteiger partial charge in [-0.15, -0.1) is 15.3 Å². The molecule has 1 unspecified atom stereocenters. The van der Waals surface area contributed by atoms with Crippen molar-refractivity contribution in [2.45, 2.75) is 26.5 Å². The number of nitrogens with zero attached hydrogens (tertiary/aromatic N) is 4. The predicted molar refractivity (Wildman–Crippen MR) is 154 cm³/mol. The minimum absolute atomic E-state index is 0.00134. The predicted octanol–water partition coefficient (Wildman–Crippen LogP) is 4.73. The molecule has 0 aliphatic heterocycles. The maximum atomic E-state index is 14.0. The molecule has 238 valence electrons. The number of azo groups is 2. The molecule has 0 aromatic heterocycles. The van der Waals surface area contributed by atoms with Crippen molar-refractivity contribution in [2.75, 3.05) is 5.73 Å². The molecule has 4 rings (SSSR count). The van der Waals surface area contributed by atoms with Gasteiger partial charge in [-0.25, -0.2) is 8.60 Å². The quantitative estimate of drug-likeness (QED) is 0.0627. The molecular weight excluding hydrogens is 686 g/mol. The topological polar surface area (TPSA) is 296 Å². The Kier molecular flexibility index (Phi) is 8.89. The Hall–Kier alpha value is -4.29. The molecule has 4 aromatic rings. The van der Waals surface area contributed by atoms with E-state index in [1.54, 1.807) is 0 Å². The van der Waals surface area contributed by atoms with E-state index < -0.39 is 101 Å². The fraction of sp³-hybridized carbons (Fsp3) is 0.0435. The number of halogens is 1. The first-order valence-corrected chi connectivity index (χ1v) is 17.0. The standard InChI is InChI=1S/C23H18FN5O12S4/c1-10-6-15(16(9-14(10)24)43(33,34)35)27-29-22-18(45(39,40)41)8-11-7-17(44(36,37)38)21(20(25)19(11)23(22)30)28-26-12-2-4-13(5-3-12)42(31)32/h2-9,30H,25H2,1H3,(H,31,32)(H,33,34,35)(H,36,37,38)(H,39,40,41). The summed E-state index contributed by atoms with van der Waals surface area (Å²) in [5, 5.41) is 24.6. The van der Waals surface area contributed by atoms with Gasteiger partial charge in [0.25, 0.3) is 30.4 Å². The second-order valence-electron chi connectivity index (χ2n) is 8.94. The van der Waals surface area contributed by atoms with E-state index in [1.807, 2.05) is 0 Å². The van der Waals surface area contributed by atoms with Crippen LogP contribution in [0.3, 0.4) is 0 Å². The minimum atomic E-state index is -5.31. The number of phenols is 1. The van der Waals surface area contributed by atoms with E-state index in [0.717, 1.165) is 6.07 Å². The molecule has 7 N–H and O–H groups in total. The van der Waals surface area contributed by atoms with Crippen LogP contribution in [-0.2, 0) is 41.4 Å². The molecule has 0 saturated carbocycles. The van der Waals surface area contributed by atoms with Gasteiger partial charge in [-0.3, -0.25) is 13.7 Å². The van der Waals surface area contributed by atoms with Crippen LogP contribution in [0, 0.1) is 12.7 Å². The Balaban J connectivity index is 2.03. The highest BCUT2D eigenvalue weighted by molar-refractivity contribution is 7.86. The van der Waals surface area contributed by atoms with Gasteiger partial charge in [0.05, 0.1) is 21.7 Å². The summed E-state index contributed by atoms with van der Waals surface area (Å²) >= 11 is -2.32. The average molecular weight is 704 g/mol. The van der Waals surface area contributed by atoms with Crippen molar-refractivity contribution < 1.29 is 57.2 Å². The van der Waals surface area contributed by atoms with Gasteiger partial charge in [0.2, 0.25) is 0 Å². The van der Waals surface area contributed by atoms with E-state index in [4.69, 9.17) is 10.3 Å². The first kappa shape index (κ1) is 33.6. The van der Waals surface area contributed by atoms with Crippen molar-refractivity contribution in [3.05, 3.63) is 59.9 Å². The number of aryl methyl sites for hydroxylation is 1. The van der Waals surface area contributed by atoms with E-state index in [9.17, 15) is 52.6 Å². The number of hydrogen-bond acceptors (Lipinski definition) is 13. The maximum Gasteiger partial charge on any atom is 0.296 e. The van der Waals surface area contributed by atoms with Gasteiger partial charge in [-0.1, -0.05) is 0 Å². The Labute approximate surface area is 255 Å². The summed E-state index contributed by atoms with van der Waals surface area (Å²) < 4.78 is 136. The average Bonchev–Trinajstić information content (AvgIpc) is 2.91. The molecular formula is C23H18FN5O12S4. The van der Waals surface area contributed by atoms with Gasteiger partial charge >= 0.3 is 0 Å². The van der Waals surface area contributed by atoms with Crippen LogP contribution in [0.4, 0.5) is 32.8 Å². The molecule has 0 heterocycles. The normalized spacial score (nSPS) is 13.6. The monoisotopic (exact) mass is 703 g/mol. The SMILES string of the molecule is Cc1cc(N=Nc2c(S(=O)(=O)O)cc3cc(S(=O)(=O)O)c(N=Nc4ccc(S(=O)O)cc4)c(N)c3c2O)c(S(=O)(=O)O)cc1F. The molecule has 22 heteroatoms. The summed E-state index contributed by atoms with van der Waals surface area (Å²) in [5.74, 6) is -2.22. The molecule has 4 aromatic carbocycles. The number of aromatic hydroxyl groups is 1. The van der Waals surface area contributed by atoms with E-state index in [-0.39, 0.29) is 16.1 Å². The minimum Gasteiger partial charge on any atom is -0.505 e. The Morgan fingerprint density at radius 1 is 0.756 bits per heavy atom. The number of nitrogens with two attached hydrogens (primary N) is 1. The van der Waals surface area contributed by atoms with Crippen LogP contribution in [0.2, 0.25) is 0 Å². The smallest absolute Gasteiger partial charge is 0.296 e. The van der Waals surface area contributed by atoms with Crippen molar-refractivity contribution in [3.63, 3.8) is 0 Å². The molecule has 0 fully saturated rings. The molecule has 0 saturated heterocycles. The summed E-state index contributed by atoms with van der Waals surface area (Å²) in [4.78, 5) is -3.29. The van der Waals surface area contributed by atoms with Gasteiger partial charge < -0.3 is 15.4 Å². The largest absolute Gasteiger partial charge is 0.505 e. The van der Waals surface area contributed by atoms with Crippen molar-refractivity contribution in [1.29, 1.82) is 0 Å². The number of nitrogen functional groups attached to an aromatic ring is 1. The summed E-state index contributed by atoms with van der Waals surface area (Å²) in [6.45, 7) is 1.20. The van der Waals surface area contributed by atoms with Gasteiger partial charge in [0.15, 0.2) is 16.8 Å². The van der Waals surface area contributed by atoms with Gasteiger partial charge in [-0.2, -0.15) is 30.4 Å². The van der Waals surface area contributed by atoms with E-state index >= 15 is 0 Å². The molecule has 45 heavy (non-hydrogen) atoms. The van der Waals surface area contributed by atoms with Gasteiger partial charge in [0, 0.05) is 0 Å². The third kappa shape index (κ3) is 7.02. The van der Waals surface area contributed by atoms with E-state index in [0.29, 0.717) is 18.2 Å². The van der Waals surface area contributed by atoms with Crippen LogP contribution in [0.25, 0.3) is 10.8 Å². The lowest BCUT2D eigenvalue weighted by Crippen LogP contribution is -2.04. The van der Waals surface area contributed by atoms with Crippen LogP contribution in [0.1, 0.15) is 5.56 Å². The van der Waals surface area contributed by atoms with E-state index in [1.165, 1.54) is 31.2 Å². The molecule has 0 aliphatic carbocycles. The van der Waals surface area contributed by atoms with Crippen molar-refractivity contribution in [3.8, 4) is 5.75 Å². The number of benzene rings is 4. The number of anilines is 1. The zero-order chi connectivity index (χ0) is 33.6. The van der Waals surface area contributed by atoms with Crippen LogP contribution in [0.15, 0.2) is 88.6 Å². The Bertz CT molecular complexity index is 2310. The summed E-state index contributed by atoms with van der Waals surface area (Å²) in [6, 6.07) is 7.32. The summed E-state index contributed by atoms with van der Waals surface area (Å²) in [6.07, 6.45) is 0. The molecule has 0 bridgehead atoms. The fourth-order valence-electron chi connectivity index (χ4n) is 3.88. The molecule has 0 amide bonds. The molecule has 1 atom stereocenters. The second kappa shape index (κ2) is 11.9. The highest BCUT2D eigenvalue weighted by Gasteiger charge is 2.28. The molecule has 0 radical (unpaired) electrons. The van der Waals surface area contributed by atoms with Gasteiger partial charge in [0.1, 0.15) is 37.6 Å². The highest BCUT2D eigenvalue weighted by Crippen LogP contribution is 2.48. The number of fused-ring (bicyclic) bond motifs is 1. The maximum absolute atomic E-state index is 14.0. The van der Waals surface area contributed by atoms with E-state index in [2.05, 4.69) is 20.5 Å². The Morgan fingerprint density at radius 2 is 1.27 bits per heavy atom. The zero-order valence-electron chi connectivity index (χ0n) is 22.1. The molecule has 17 nitrogen and oxygen atoms in total. The van der Waals surface area contributed by atoms with Crippen LogP contribution in [-0.4, -0.2) is 52.8 Å². The zero-order valence-corrected chi connectivity index (χ0v) is 25.4. The number of hydrogen-bond donors (Lipinski definition) is 6. The lowest BCUT2D eigenvalue weighted by Gasteiger charge is -2.14. The van der Waals surface area contributed by atoms with Crippen LogP contribution < -0.4 is 5.73 Å². The van der Waals surface area contributed by atoms with Crippen LogP contribution >= 0.6 is 0 Å². The summed E-state index contributed by atoms with van der Waals surface area (Å²) in [7, 11) is -15.6. The molecule has 0 aliphatic rings. The molecule has 0 spiro atoms. The van der Waals surface area contributed by atoms with Crippen molar-refractivity contribution >= 4 is 80.6 Å². The summed E-state index contributed by atoms with van der Waals surface area (Å²) in [5.41, 5.74) is 2.68. The third-order valence-electron chi connectivity index (χ3n) is 5.95. The second-order valence-corrected chi connectivity index (χ2v) is 14.1. The lowest BCUT2D eigenvalue weighted by molar-refractivity contribution is 0.472. The number of rotatable bonds is 8. The van der Waals surface area contributed by atoms with Crippen molar-refractivity contribution in [2.24, 2.45) is 20.5 Å². The number of phenolic OH excluding ortho intramolecular Hbond substituents is 1. The lowest BCUT2D eigenvalue weighted by atomic mass is 10.1. The third-order valence-corrected chi connectivity index (χ3v) is 9.24. The van der Waals surface area contributed by atoms with Gasteiger partial charge in [-0.05, 0) is 66.4 Å².